The summed E-state index contributed by atoms with van der Waals surface area (Å²) in [7, 11) is -1.32. The van der Waals surface area contributed by atoms with E-state index in [1.165, 1.54) is 76.1 Å². The summed E-state index contributed by atoms with van der Waals surface area (Å²) in [5.41, 5.74) is 11.2. The average molecular weight is 1210 g/mol. The quantitative estimate of drug-likeness (QED) is 0.107. The number of hydrogen-bond donors (Lipinski definition) is 5. The minimum absolute atomic E-state index is 0.0543. The topological polar surface area (TPSA) is 101 Å². The SMILES string of the molecule is CC(C)(C)c1cc(O)cc(-c2c(Cl)cccc2Cl)c1.CC(C)(C)c1cc(O)cc(-c2c(F)cccc2Cl)c1.CC(C)(C)c1cc(O)cc(C(C)(C)C)c1.CC1(C)CCC(C)(C)c2cc(O)ccc21.CC[Si](CC)(CC)c1cc(C)cc(O)c1. The summed E-state index contributed by atoms with van der Waals surface area (Å²) in [6.07, 6.45) is 2.41. The van der Waals surface area contributed by atoms with Gasteiger partial charge in [0.25, 0.3) is 0 Å². The van der Waals surface area contributed by atoms with E-state index < -0.39 is 13.9 Å². The van der Waals surface area contributed by atoms with Gasteiger partial charge in [-0.15, -0.1) is 0 Å². The second kappa shape index (κ2) is 27.7. The molecule has 0 saturated heterocycles. The smallest absolute Gasteiger partial charge is 0.132 e. The number of phenols is 5. The number of halogens is 4. The van der Waals surface area contributed by atoms with Gasteiger partial charge in [-0.3, -0.25) is 0 Å². The van der Waals surface area contributed by atoms with Crippen molar-refractivity contribution in [2.45, 2.75) is 202 Å². The van der Waals surface area contributed by atoms with E-state index >= 15 is 0 Å². The first-order chi connectivity index (χ1) is 38.1. The summed E-state index contributed by atoms with van der Waals surface area (Å²) in [4.78, 5) is 0. The van der Waals surface area contributed by atoms with Crippen molar-refractivity contribution in [3.8, 4) is 51.0 Å². The van der Waals surface area contributed by atoms with Crippen molar-refractivity contribution >= 4 is 48.1 Å². The molecule has 0 aromatic heterocycles. The first-order valence-corrected chi connectivity index (χ1v) is 32.9. The van der Waals surface area contributed by atoms with E-state index in [4.69, 9.17) is 34.8 Å². The van der Waals surface area contributed by atoms with E-state index in [-0.39, 0.29) is 44.0 Å². The van der Waals surface area contributed by atoms with Crippen molar-refractivity contribution in [3.63, 3.8) is 0 Å². The predicted molar refractivity (Wildman–Crippen MR) is 358 cm³/mol. The van der Waals surface area contributed by atoms with Gasteiger partial charge >= 0.3 is 0 Å². The molecule has 83 heavy (non-hydrogen) atoms. The third-order valence-electron chi connectivity index (χ3n) is 16.3. The van der Waals surface area contributed by atoms with Crippen LogP contribution in [0.15, 0.2) is 127 Å². The maximum Gasteiger partial charge on any atom is 0.132 e. The molecule has 0 aliphatic heterocycles. The van der Waals surface area contributed by atoms with Gasteiger partial charge in [0, 0.05) is 21.2 Å². The van der Waals surface area contributed by atoms with Crippen molar-refractivity contribution in [2.75, 3.05) is 0 Å². The fraction of sp³-hybridized carbons (Fsp3) is 0.425. The van der Waals surface area contributed by atoms with Crippen LogP contribution in [0.4, 0.5) is 4.39 Å². The maximum atomic E-state index is 13.9. The molecule has 7 aromatic rings. The highest BCUT2D eigenvalue weighted by Gasteiger charge is 2.37. The van der Waals surface area contributed by atoms with Crippen molar-refractivity contribution in [3.05, 3.63) is 187 Å². The van der Waals surface area contributed by atoms with E-state index in [0.717, 1.165) is 22.3 Å². The van der Waals surface area contributed by atoms with E-state index in [1.807, 2.05) is 75.4 Å². The highest BCUT2D eigenvalue weighted by atomic mass is 35.5. The van der Waals surface area contributed by atoms with Gasteiger partial charge in [0.1, 0.15) is 34.6 Å². The van der Waals surface area contributed by atoms with Crippen molar-refractivity contribution in [1.82, 2.24) is 0 Å². The summed E-state index contributed by atoms with van der Waals surface area (Å²) < 4.78 is 13.9. The van der Waals surface area contributed by atoms with Crippen LogP contribution in [0.1, 0.15) is 183 Å². The molecule has 0 fully saturated rings. The number of fused-ring (bicyclic) bond motifs is 1. The Morgan fingerprint density at radius 1 is 0.422 bits per heavy atom. The van der Waals surface area contributed by atoms with Crippen molar-refractivity contribution < 1.29 is 29.9 Å². The molecule has 0 saturated carbocycles. The van der Waals surface area contributed by atoms with Crippen molar-refractivity contribution in [1.29, 1.82) is 0 Å². The fourth-order valence-corrected chi connectivity index (χ4v) is 15.0. The molecule has 450 valence electrons. The van der Waals surface area contributed by atoms with Crippen molar-refractivity contribution in [2.24, 2.45) is 0 Å². The molecule has 7 aromatic carbocycles. The summed E-state index contributed by atoms with van der Waals surface area (Å²) in [6.45, 7) is 43.4. The molecule has 5 nitrogen and oxygen atoms in total. The Labute approximate surface area is 515 Å². The van der Waals surface area contributed by atoms with Crippen LogP contribution >= 0.6 is 34.8 Å². The summed E-state index contributed by atoms with van der Waals surface area (Å²) in [6, 6.07) is 42.2. The van der Waals surface area contributed by atoms with Crippen LogP contribution in [0, 0.1) is 12.7 Å². The van der Waals surface area contributed by atoms with E-state index in [2.05, 4.69) is 136 Å². The lowest BCUT2D eigenvalue weighted by atomic mass is 9.63. The Morgan fingerprint density at radius 2 is 0.783 bits per heavy atom. The molecule has 0 amide bonds. The lowest BCUT2D eigenvalue weighted by molar-refractivity contribution is 0.329. The van der Waals surface area contributed by atoms with E-state index in [0.29, 0.717) is 43.4 Å². The number of rotatable bonds is 6. The fourth-order valence-electron chi connectivity index (χ4n) is 10.4. The number of aromatic hydroxyl groups is 5. The van der Waals surface area contributed by atoms with Crippen LogP contribution in [0.2, 0.25) is 33.2 Å². The summed E-state index contributed by atoms with van der Waals surface area (Å²) >= 11 is 18.5. The highest BCUT2D eigenvalue weighted by Crippen LogP contribution is 2.47. The molecule has 0 bridgehead atoms. The molecule has 1 aliphatic carbocycles. The zero-order chi connectivity index (χ0) is 63.0. The summed E-state index contributed by atoms with van der Waals surface area (Å²) in [5.74, 6) is 1.13. The average Bonchev–Trinajstić information content (AvgIpc) is 3.43. The number of aryl methyl sites for hydroxylation is 1. The first kappa shape index (κ1) is 70.0. The van der Waals surface area contributed by atoms with Gasteiger partial charge in [-0.05, 0) is 187 Å². The lowest BCUT2D eigenvalue weighted by Crippen LogP contribution is -2.45. The molecule has 0 unspecified atom stereocenters. The largest absolute Gasteiger partial charge is 0.508 e. The Kier molecular flexibility index (Phi) is 23.4. The molecule has 0 radical (unpaired) electrons. The lowest BCUT2D eigenvalue weighted by Gasteiger charge is -2.41. The Balaban J connectivity index is 0.000000224. The van der Waals surface area contributed by atoms with Gasteiger partial charge in [-0.25, -0.2) is 4.39 Å². The third-order valence-corrected chi connectivity index (χ3v) is 22.8. The second-order valence-electron chi connectivity index (χ2n) is 27.9. The van der Waals surface area contributed by atoms with Gasteiger partial charge < -0.3 is 25.5 Å². The molecule has 0 heterocycles. The minimum Gasteiger partial charge on any atom is -0.508 e. The molecular formula is C73H96Cl3FO5Si. The first-order valence-electron chi connectivity index (χ1n) is 29.2. The monoisotopic (exact) mass is 1200 g/mol. The van der Waals surface area contributed by atoms with Crippen LogP contribution in [0.3, 0.4) is 0 Å². The Hall–Kier alpha value is -5.44. The van der Waals surface area contributed by atoms with Crippen LogP contribution < -0.4 is 5.19 Å². The zero-order valence-corrected chi connectivity index (χ0v) is 56.7. The second-order valence-corrected chi connectivity index (χ2v) is 34.4. The third kappa shape index (κ3) is 19.0. The van der Waals surface area contributed by atoms with Gasteiger partial charge in [0.15, 0.2) is 0 Å². The van der Waals surface area contributed by atoms with Gasteiger partial charge in [-0.2, -0.15) is 0 Å². The van der Waals surface area contributed by atoms with Crippen LogP contribution in [-0.4, -0.2) is 33.6 Å². The molecule has 0 atom stereocenters. The molecular weight excluding hydrogens is 1110 g/mol. The van der Waals surface area contributed by atoms with E-state index in [1.54, 1.807) is 42.5 Å². The van der Waals surface area contributed by atoms with Gasteiger partial charge in [0.05, 0.1) is 13.1 Å². The highest BCUT2D eigenvalue weighted by molar-refractivity contribution is 6.91. The van der Waals surface area contributed by atoms with Gasteiger partial charge in [-0.1, -0.05) is 232 Å². The standard InChI is InChI=1S/C16H16Cl2O.C16H16ClFO.C14H20O.C14H22O.C13H22OSi/c2*1-16(2,3)11-7-10(8-12(19)9-11)15-13(17)5-4-6-14(15)18;1-13(2)7-8-14(3,4)12-9-10(15)5-6-11(12)13;1-13(2,3)10-7-11(14(4,5)6)9-12(15)8-10;1-5-15(6-2,7-3)13-9-11(4)8-12(14)10-13/h2*4-9,19H,1-3H3;5-6,9,15H,7-8H2,1-4H3;7-9,15H,1-6H3;8-10,14H,5-7H2,1-4H3. The van der Waals surface area contributed by atoms with Crippen LogP contribution in [0.5, 0.6) is 28.7 Å². The minimum atomic E-state index is -1.32. The zero-order valence-electron chi connectivity index (χ0n) is 53.4. The predicted octanol–water partition coefficient (Wildman–Crippen LogP) is 22.0. The molecule has 5 N–H and O–H groups in total. The Bertz CT molecular complexity index is 3100. The summed E-state index contributed by atoms with van der Waals surface area (Å²) in [5, 5.41) is 51.7. The number of phenolic OH excluding ortho intramolecular Hbond substituents is 5. The van der Waals surface area contributed by atoms with E-state index in [9.17, 15) is 29.9 Å². The van der Waals surface area contributed by atoms with Crippen LogP contribution in [-0.2, 0) is 32.5 Å². The molecule has 1 aliphatic rings. The number of hydrogen-bond acceptors (Lipinski definition) is 5. The molecule has 8 rings (SSSR count). The van der Waals surface area contributed by atoms with Gasteiger partial charge in [0.2, 0.25) is 0 Å². The Morgan fingerprint density at radius 3 is 1.18 bits per heavy atom. The normalized spacial score (nSPS) is 13.8. The number of benzene rings is 7. The maximum absolute atomic E-state index is 13.9. The molecule has 10 heteroatoms. The van der Waals surface area contributed by atoms with Crippen LogP contribution in [0.25, 0.3) is 22.3 Å². The molecule has 0 spiro atoms.